The number of nitrogens with zero attached hydrogens (tertiary/aromatic N) is 2. The van der Waals surface area contributed by atoms with Crippen LogP contribution in [0.15, 0.2) is 72.8 Å². The van der Waals surface area contributed by atoms with Crippen LogP contribution in [0.5, 0.6) is 0 Å². The monoisotopic (exact) mass is 660 g/mol. The Balaban J connectivity index is 1.19. The van der Waals surface area contributed by atoms with Gasteiger partial charge in [-0.15, -0.1) is 0 Å². The zero-order valence-electron chi connectivity index (χ0n) is 25.7. The Morgan fingerprint density at radius 2 is 1.70 bits per heavy atom. The third-order valence-electron chi connectivity index (χ3n) is 7.91. The summed E-state index contributed by atoms with van der Waals surface area (Å²) in [5.41, 5.74) is 3.35. The molecule has 47 heavy (non-hydrogen) atoms. The summed E-state index contributed by atoms with van der Waals surface area (Å²) in [4.78, 5) is 59.7. The Bertz CT molecular complexity index is 1690. The number of halogens is 1. The fourth-order valence-corrected chi connectivity index (χ4v) is 5.56. The van der Waals surface area contributed by atoms with Gasteiger partial charge in [-0.05, 0) is 54.3 Å². The Morgan fingerprint density at radius 1 is 0.957 bits per heavy atom. The lowest BCUT2D eigenvalue weighted by Gasteiger charge is -2.28. The van der Waals surface area contributed by atoms with Crippen LogP contribution >= 0.6 is 11.6 Å². The number of carboxylic acids is 1. The van der Waals surface area contributed by atoms with Crippen LogP contribution in [0.4, 0.5) is 9.59 Å². The molecule has 5 N–H and O–H groups in total. The van der Waals surface area contributed by atoms with Crippen molar-refractivity contribution < 1.29 is 29.0 Å². The number of nitrogens with one attached hydrogen (secondary N) is 4. The molecule has 0 aliphatic heterocycles. The van der Waals surface area contributed by atoms with Crippen molar-refractivity contribution in [2.75, 3.05) is 6.54 Å². The van der Waals surface area contributed by atoms with Gasteiger partial charge >= 0.3 is 18.1 Å². The van der Waals surface area contributed by atoms with Gasteiger partial charge in [0, 0.05) is 29.7 Å². The number of H-pyrrole nitrogens is 1. The second-order valence-electron chi connectivity index (χ2n) is 11.5. The number of carboxylic acid groups (broad SMARTS) is 1. The molecule has 1 heterocycles. The molecule has 0 saturated heterocycles. The van der Waals surface area contributed by atoms with Crippen molar-refractivity contribution in [2.45, 2.75) is 63.9 Å². The minimum absolute atomic E-state index is 0.0233. The van der Waals surface area contributed by atoms with Crippen molar-refractivity contribution in [3.63, 3.8) is 0 Å². The highest BCUT2D eigenvalue weighted by Gasteiger charge is 2.23. The molecule has 1 aromatic heterocycles. The minimum Gasteiger partial charge on any atom is -0.480 e. The third-order valence-corrected chi connectivity index (χ3v) is 8.15. The average molecular weight is 661 g/mol. The van der Waals surface area contributed by atoms with Crippen molar-refractivity contribution in [3.05, 3.63) is 100 Å². The van der Waals surface area contributed by atoms with Crippen LogP contribution in [0.25, 0.3) is 11.0 Å². The molecule has 4 amide bonds. The Kier molecular flexibility index (Phi) is 11.3. The summed E-state index contributed by atoms with van der Waals surface area (Å²) in [5.74, 6) is -1.23. The van der Waals surface area contributed by atoms with Crippen LogP contribution < -0.4 is 16.0 Å². The normalized spacial score (nSPS) is 13.8. The van der Waals surface area contributed by atoms with Crippen molar-refractivity contribution in [1.82, 2.24) is 30.8 Å². The highest BCUT2D eigenvalue weighted by atomic mass is 35.5. The number of aliphatic carboxylic acids is 1. The second kappa shape index (κ2) is 15.9. The number of rotatable bonds is 12. The van der Waals surface area contributed by atoms with Gasteiger partial charge in [-0.3, -0.25) is 4.79 Å². The SMILES string of the molecule is O=C(N[C@@H](CNC(=O)c1ccc(CN(Cc2nc3ccc(Cl)cc3[nH]2)C(=O)NC2CCCCC2)cc1)C(=O)O)OCc1ccccc1. The van der Waals surface area contributed by atoms with Crippen molar-refractivity contribution in [1.29, 1.82) is 0 Å². The van der Waals surface area contributed by atoms with E-state index in [4.69, 9.17) is 16.3 Å². The molecule has 246 valence electrons. The summed E-state index contributed by atoms with van der Waals surface area (Å²) >= 11 is 6.14. The quantitative estimate of drug-likeness (QED) is 0.136. The third kappa shape index (κ3) is 9.69. The van der Waals surface area contributed by atoms with Crippen LogP contribution in [0, 0.1) is 0 Å². The number of aromatic amines is 1. The molecule has 1 saturated carbocycles. The maximum Gasteiger partial charge on any atom is 0.408 e. The first-order valence-corrected chi connectivity index (χ1v) is 15.9. The van der Waals surface area contributed by atoms with E-state index in [1.54, 1.807) is 65.6 Å². The van der Waals surface area contributed by atoms with Crippen molar-refractivity contribution in [2.24, 2.45) is 0 Å². The molecule has 1 atom stereocenters. The fourth-order valence-electron chi connectivity index (χ4n) is 5.39. The number of imidazole rings is 1. The lowest BCUT2D eigenvalue weighted by atomic mass is 9.96. The van der Waals surface area contributed by atoms with Crippen LogP contribution in [-0.2, 0) is 29.2 Å². The Labute approximate surface area is 276 Å². The predicted molar refractivity (Wildman–Crippen MR) is 176 cm³/mol. The number of ether oxygens (including phenoxy) is 1. The number of hydrogen-bond acceptors (Lipinski definition) is 6. The molecule has 1 aliphatic rings. The smallest absolute Gasteiger partial charge is 0.408 e. The summed E-state index contributed by atoms with van der Waals surface area (Å²) in [7, 11) is 0. The zero-order chi connectivity index (χ0) is 33.2. The van der Waals surface area contributed by atoms with E-state index >= 15 is 0 Å². The average Bonchev–Trinajstić information content (AvgIpc) is 3.47. The molecule has 1 fully saturated rings. The summed E-state index contributed by atoms with van der Waals surface area (Å²) in [6.45, 7) is 0.109. The minimum atomic E-state index is -1.40. The van der Waals surface area contributed by atoms with Gasteiger partial charge in [0.2, 0.25) is 0 Å². The molecular formula is C34H37ClN6O6. The number of urea groups is 1. The van der Waals surface area contributed by atoms with Gasteiger partial charge in [0.1, 0.15) is 18.5 Å². The number of benzene rings is 3. The molecule has 13 heteroatoms. The lowest BCUT2D eigenvalue weighted by Crippen LogP contribution is -2.48. The summed E-state index contributed by atoms with van der Waals surface area (Å²) in [6, 6.07) is 19.5. The number of amides is 4. The highest BCUT2D eigenvalue weighted by Crippen LogP contribution is 2.20. The first-order valence-electron chi connectivity index (χ1n) is 15.5. The van der Waals surface area contributed by atoms with E-state index in [1.807, 2.05) is 12.1 Å². The fraction of sp³-hybridized carbons (Fsp3) is 0.324. The van der Waals surface area contributed by atoms with E-state index < -0.39 is 24.0 Å². The molecule has 0 radical (unpaired) electrons. The first-order chi connectivity index (χ1) is 22.7. The molecule has 0 spiro atoms. The summed E-state index contributed by atoms with van der Waals surface area (Å²) < 4.78 is 5.09. The van der Waals surface area contributed by atoms with Crippen LogP contribution in [0.3, 0.4) is 0 Å². The molecule has 3 aromatic carbocycles. The van der Waals surface area contributed by atoms with E-state index in [1.165, 1.54) is 6.42 Å². The van der Waals surface area contributed by atoms with Gasteiger partial charge in [-0.25, -0.2) is 19.4 Å². The van der Waals surface area contributed by atoms with Crippen LogP contribution in [0.1, 0.15) is 59.4 Å². The van der Waals surface area contributed by atoms with Gasteiger partial charge in [-0.1, -0.05) is 73.3 Å². The van der Waals surface area contributed by atoms with E-state index in [-0.39, 0.29) is 43.9 Å². The second-order valence-corrected chi connectivity index (χ2v) is 11.9. The largest absolute Gasteiger partial charge is 0.480 e. The standard InChI is InChI=1S/C34H37ClN6O6/c35-25-15-16-27-28(17-25)39-30(38-27)20-41(33(45)37-26-9-5-2-6-10-26)19-22-11-13-24(14-12-22)31(42)36-18-29(32(43)44)40-34(46)47-21-23-7-3-1-4-8-23/h1,3-4,7-8,11-17,26,29H,2,5-6,9-10,18-21H2,(H,36,42)(H,37,45)(H,38,39)(H,40,46)(H,43,44)/t29-/m0/s1. The van der Waals surface area contributed by atoms with E-state index in [2.05, 4.69) is 25.9 Å². The maximum atomic E-state index is 13.5. The number of carbonyl (C=O) groups excluding carboxylic acids is 3. The van der Waals surface area contributed by atoms with Crippen molar-refractivity contribution >= 4 is 46.6 Å². The lowest BCUT2D eigenvalue weighted by molar-refractivity contribution is -0.139. The number of fused-ring (bicyclic) bond motifs is 1. The molecule has 1 aliphatic carbocycles. The van der Waals surface area contributed by atoms with E-state index in [0.717, 1.165) is 47.8 Å². The Hall–Kier alpha value is -5.10. The number of carbonyl (C=O) groups is 4. The summed E-state index contributed by atoms with van der Waals surface area (Å²) in [6.07, 6.45) is 4.32. The number of alkyl carbamates (subject to hydrolysis) is 1. The first kappa shape index (κ1) is 33.3. The molecule has 5 rings (SSSR count). The topological polar surface area (TPSA) is 166 Å². The van der Waals surface area contributed by atoms with Gasteiger partial charge in [0.25, 0.3) is 5.91 Å². The molecule has 0 bridgehead atoms. The number of aromatic nitrogens is 2. The zero-order valence-corrected chi connectivity index (χ0v) is 26.5. The predicted octanol–water partition coefficient (Wildman–Crippen LogP) is 5.37. The van der Waals surface area contributed by atoms with Gasteiger partial charge in [0.05, 0.1) is 17.6 Å². The van der Waals surface area contributed by atoms with Crippen LogP contribution in [0.2, 0.25) is 5.02 Å². The Morgan fingerprint density at radius 3 is 2.43 bits per heavy atom. The maximum absolute atomic E-state index is 13.5. The van der Waals surface area contributed by atoms with Gasteiger partial charge in [0.15, 0.2) is 0 Å². The van der Waals surface area contributed by atoms with Crippen molar-refractivity contribution in [3.8, 4) is 0 Å². The highest BCUT2D eigenvalue weighted by molar-refractivity contribution is 6.31. The van der Waals surface area contributed by atoms with E-state index in [9.17, 15) is 24.3 Å². The van der Waals surface area contributed by atoms with Crippen LogP contribution in [-0.4, -0.2) is 62.6 Å². The molecular weight excluding hydrogens is 624 g/mol. The van der Waals surface area contributed by atoms with Gasteiger partial charge < -0.3 is 35.7 Å². The van der Waals surface area contributed by atoms with Gasteiger partial charge in [-0.2, -0.15) is 0 Å². The molecule has 0 unspecified atom stereocenters. The molecule has 4 aromatic rings. The van der Waals surface area contributed by atoms with E-state index in [0.29, 0.717) is 10.8 Å². The summed E-state index contributed by atoms with van der Waals surface area (Å²) in [5, 5.41) is 18.1. The number of hydrogen-bond donors (Lipinski definition) is 5. The molecule has 12 nitrogen and oxygen atoms in total.